The number of amides is 1. The van der Waals surface area contributed by atoms with Crippen molar-refractivity contribution in [2.75, 3.05) is 26.2 Å². The molecule has 1 saturated carbocycles. The number of nitrogens with one attached hydrogen (secondary N) is 1. The van der Waals surface area contributed by atoms with Crippen molar-refractivity contribution >= 4 is 5.91 Å². The second kappa shape index (κ2) is 7.41. The van der Waals surface area contributed by atoms with Crippen LogP contribution in [0, 0.1) is 5.41 Å². The lowest BCUT2D eigenvalue weighted by Gasteiger charge is -2.43. The monoisotopic (exact) mass is 282 g/mol. The lowest BCUT2D eigenvalue weighted by atomic mass is 9.74. The Hall–Kier alpha value is -0.610. The molecule has 0 aromatic carbocycles. The minimum atomic E-state index is -0.183. The SMILES string of the molecule is CCC1(C(=O)N(CCO)C2CCCCC2)CCNCC1. The van der Waals surface area contributed by atoms with E-state index in [-0.39, 0.29) is 12.0 Å². The maximum absolute atomic E-state index is 13.1. The first-order valence-electron chi connectivity index (χ1n) is 8.36. The fraction of sp³-hybridized carbons (Fsp3) is 0.938. The predicted molar refractivity (Wildman–Crippen MR) is 80.5 cm³/mol. The highest BCUT2D eigenvalue weighted by Gasteiger charge is 2.42. The van der Waals surface area contributed by atoms with Crippen LogP contribution < -0.4 is 5.32 Å². The number of piperidine rings is 1. The molecule has 0 aromatic heterocycles. The first kappa shape index (κ1) is 15.8. The maximum atomic E-state index is 13.1. The van der Waals surface area contributed by atoms with Gasteiger partial charge in [0.25, 0.3) is 0 Å². The highest BCUT2D eigenvalue weighted by molar-refractivity contribution is 5.83. The fourth-order valence-corrected chi connectivity index (χ4v) is 3.88. The van der Waals surface area contributed by atoms with Crippen molar-refractivity contribution in [1.82, 2.24) is 10.2 Å². The van der Waals surface area contributed by atoms with E-state index in [1.54, 1.807) is 0 Å². The second-order valence-corrected chi connectivity index (χ2v) is 6.40. The quantitative estimate of drug-likeness (QED) is 0.810. The molecule has 1 amide bonds. The van der Waals surface area contributed by atoms with E-state index in [9.17, 15) is 9.90 Å². The van der Waals surface area contributed by atoms with Gasteiger partial charge in [-0.25, -0.2) is 0 Å². The van der Waals surface area contributed by atoms with Crippen molar-refractivity contribution in [3.63, 3.8) is 0 Å². The summed E-state index contributed by atoms with van der Waals surface area (Å²) in [6.07, 6.45) is 8.77. The van der Waals surface area contributed by atoms with E-state index in [2.05, 4.69) is 12.2 Å². The van der Waals surface area contributed by atoms with E-state index >= 15 is 0 Å². The Balaban J connectivity index is 2.11. The van der Waals surface area contributed by atoms with Gasteiger partial charge in [0.1, 0.15) is 0 Å². The van der Waals surface area contributed by atoms with Crippen LogP contribution in [0.15, 0.2) is 0 Å². The molecule has 2 fully saturated rings. The zero-order chi connectivity index (χ0) is 14.4. The Morgan fingerprint density at radius 3 is 2.45 bits per heavy atom. The number of nitrogens with zero attached hydrogens (tertiary/aromatic N) is 1. The molecule has 0 atom stereocenters. The van der Waals surface area contributed by atoms with Crippen molar-refractivity contribution < 1.29 is 9.90 Å². The lowest BCUT2D eigenvalue weighted by molar-refractivity contribution is -0.148. The molecular formula is C16H30N2O2. The topological polar surface area (TPSA) is 52.6 Å². The van der Waals surface area contributed by atoms with E-state index < -0.39 is 0 Å². The summed E-state index contributed by atoms with van der Waals surface area (Å²) < 4.78 is 0. The average Bonchev–Trinajstić information content (AvgIpc) is 2.53. The molecule has 4 nitrogen and oxygen atoms in total. The largest absolute Gasteiger partial charge is 0.395 e. The van der Waals surface area contributed by atoms with Crippen molar-refractivity contribution in [2.24, 2.45) is 5.41 Å². The van der Waals surface area contributed by atoms with Crippen LogP contribution >= 0.6 is 0 Å². The Kier molecular flexibility index (Phi) is 5.85. The van der Waals surface area contributed by atoms with Crippen molar-refractivity contribution in [3.05, 3.63) is 0 Å². The highest BCUT2D eigenvalue weighted by atomic mass is 16.3. The third kappa shape index (κ3) is 3.34. The Morgan fingerprint density at radius 1 is 1.25 bits per heavy atom. The standard InChI is InChI=1S/C16H30N2O2/c1-2-16(8-10-17-11-9-16)15(20)18(12-13-19)14-6-4-3-5-7-14/h14,17,19H,2-13H2,1H3. The number of hydrogen-bond donors (Lipinski definition) is 2. The summed E-state index contributed by atoms with van der Waals surface area (Å²) in [6.45, 7) is 4.62. The summed E-state index contributed by atoms with van der Waals surface area (Å²) in [5.74, 6) is 0.308. The number of aliphatic hydroxyl groups is 1. The number of rotatable bonds is 5. The fourth-order valence-electron chi connectivity index (χ4n) is 3.88. The number of hydrogen-bond acceptors (Lipinski definition) is 3. The van der Waals surface area contributed by atoms with Crippen LogP contribution in [-0.4, -0.2) is 48.2 Å². The molecule has 0 aromatic rings. The summed E-state index contributed by atoms with van der Waals surface area (Å²) in [7, 11) is 0. The Bertz CT molecular complexity index is 308. The van der Waals surface area contributed by atoms with Gasteiger partial charge in [-0.3, -0.25) is 4.79 Å². The second-order valence-electron chi connectivity index (χ2n) is 6.40. The first-order valence-corrected chi connectivity index (χ1v) is 8.36. The molecule has 0 radical (unpaired) electrons. The maximum Gasteiger partial charge on any atom is 0.229 e. The minimum Gasteiger partial charge on any atom is -0.395 e. The van der Waals surface area contributed by atoms with E-state index in [0.717, 1.165) is 45.2 Å². The van der Waals surface area contributed by atoms with Crippen LogP contribution in [0.25, 0.3) is 0 Å². The van der Waals surface area contributed by atoms with E-state index in [1.807, 2.05) is 4.90 Å². The van der Waals surface area contributed by atoms with Crippen molar-refractivity contribution in [2.45, 2.75) is 64.3 Å². The lowest BCUT2D eigenvalue weighted by Crippen LogP contribution is -2.53. The van der Waals surface area contributed by atoms with Gasteiger partial charge in [-0.1, -0.05) is 26.2 Å². The summed E-state index contributed by atoms with van der Waals surface area (Å²) in [4.78, 5) is 15.1. The summed E-state index contributed by atoms with van der Waals surface area (Å²) in [5.41, 5.74) is -0.183. The highest BCUT2D eigenvalue weighted by Crippen LogP contribution is 2.36. The van der Waals surface area contributed by atoms with Gasteiger partial charge in [0, 0.05) is 12.6 Å². The molecule has 4 heteroatoms. The summed E-state index contributed by atoms with van der Waals surface area (Å²) >= 11 is 0. The van der Waals surface area contributed by atoms with Gasteiger partial charge in [-0.15, -0.1) is 0 Å². The molecular weight excluding hydrogens is 252 g/mol. The van der Waals surface area contributed by atoms with Crippen molar-refractivity contribution in [1.29, 1.82) is 0 Å². The van der Waals surface area contributed by atoms with Crippen LogP contribution in [0.3, 0.4) is 0 Å². The molecule has 2 rings (SSSR count). The van der Waals surface area contributed by atoms with Crippen LogP contribution in [0.5, 0.6) is 0 Å². The Labute approximate surface area is 122 Å². The molecule has 2 aliphatic rings. The average molecular weight is 282 g/mol. The van der Waals surface area contributed by atoms with Gasteiger partial charge in [0.05, 0.1) is 12.0 Å². The zero-order valence-corrected chi connectivity index (χ0v) is 12.9. The zero-order valence-electron chi connectivity index (χ0n) is 12.9. The molecule has 20 heavy (non-hydrogen) atoms. The molecule has 0 spiro atoms. The van der Waals surface area contributed by atoms with Crippen molar-refractivity contribution in [3.8, 4) is 0 Å². The van der Waals surface area contributed by atoms with Crippen LogP contribution in [0.4, 0.5) is 0 Å². The molecule has 0 unspecified atom stereocenters. The number of carbonyl (C=O) groups excluding carboxylic acids is 1. The molecule has 2 N–H and O–H groups in total. The third-order valence-corrected chi connectivity index (χ3v) is 5.31. The molecule has 116 valence electrons. The third-order valence-electron chi connectivity index (χ3n) is 5.31. The van der Waals surface area contributed by atoms with Gasteiger partial charge in [-0.05, 0) is 45.2 Å². The normalized spacial score (nSPS) is 23.5. The van der Waals surface area contributed by atoms with Gasteiger partial charge in [-0.2, -0.15) is 0 Å². The van der Waals surface area contributed by atoms with Gasteiger partial charge >= 0.3 is 0 Å². The smallest absolute Gasteiger partial charge is 0.229 e. The van der Waals surface area contributed by atoms with E-state index in [4.69, 9.17) is 0 Å². The van der Waals surface area contributed by atoms with Gasteiger partial charge in [0.15, 0.2) is 0 Å². The molecule has 1 aliphatic heterocycles. The van der Waals surface area contributed by atoms with E-state index in [0.29, 0.717) is 18.5 Å². The molecule has 1 aliphatic carbocycles. The predicted octanol–water partition coefficient (Wildman–Crippen LogP) is 1.92. The number of carbonyl (C=O) groups is 1. The number of aliphatic hydroxyl groups excluding tert-OH is 1. The van der Waals surface area contributed by atoms with E-state index in [1.165, 1.54) is 19.3 Å². The van der Waals surface area contributed by atoms with Crippen LogP contribution in [-0.2, 0) is 4.79 Å². The van der Waals surface area contributed by atoms with Gasteiger partial charge in [0.2, 0.25) is 5.91 Å². The van der Waals surface area contributed by atoms with Crippen LogP contribution in [0.1, 0.15) is 58.3 Å². The first-order chi connectivity index (χ1) is 9.73. The van der Waals surface area contributed by atoms with Gasteiger partial charge < -0.3 is 15.3 Å². The minimum absolute atomic E-state index is 0.0836. The summed E-state index contributed by atoms with van der Waals surface area (Å²) in [6, 6.07) is 0.363. The molecule has 1 heterocycles. The van der Waals surface area contributed by atoms with Crippen LogP contribution in [0.2, 0.25) is 0 Å². The molecule has 1 saturated heterocycles. The molecule has 0 bridgehead atoms. The Morgan fingerprint density at radius 2 is 1.90 bits per heavy atom. The summed E-state index contributed by atoms with van der Waals surface area (Å²) in [5, 5.41) is 12.7.